The van der Waals surface area contributed by atoms with Gasteiger partial charge >= 0.3 is 0 Å². The minimum absolute atomic E-state index is 0.169. The van der Waals surface area contributed by atoms with Crippen LogP contribution in [-0.2, 0) is 21.2 Å². The van der Waals surface area contributed by atoms with Crippen LogP contribution in [0.5, 0.6) is 0 Å². The van der Waals surface area contributed by atoms with E-state index in [0.717, 1.165) is 30.6 Å². The molecule has 0 fully saturated rings. The third-order valence-electron chi connectivity index (χ3n) is 3.83. The molecular formula is C16H18N2O4S. The van der Waals surface area contributed by atoms with Gasteiger partial charge in [0.25, 0.3) is 0 Å². The zero-order chi connectivity index (χ0) is 16.4. The van der Waals surface area contributed by atoms with E-state index in [-0.39, 0.29) is 16.8 Å². The average molecular weight is 334 g/mol. The number of carbonyl (C=O) groups excluding carboxylic acids is 1. The molecule has 0 saturated heterocycles. The maximum atomic E-state index is 12.5. The van der Waals surface area contributed by atoms with E-state index in [1.165, 1.54) is 19.1 Å². The molecule has 0 bridgehead atoms. The van der Waals surface area contributed by atoms with Gasteiger partial charge in [-0.25, -0.2) is 13.1 Å². The molecule has 1 aromatic carbocycles. The Morgan fingerprint density at radius 2 is 1.96 bits per heavy atom. The first kappa shape index (κ1) is 15.8. The van der Waals surface area contributed by atoms with Crippen molar-refractivity contribution in [3.63, 3.8) is 0 Å². The van der Waals surface area contributed by atoms with Crippen molar-refractivity contribution in [3.8, 4) is 0 Å². The van der Waals surface area contributed by atoms with E-state index >= 15 is 0 Å². The molecule has 6 nitrogen and oxygen atoms in total. The van der Waals surface area contributed by atoms with Crippen molar-refractivity contribution in [2.45, 2.75) is 37.1 Å². The van der Waals surface area contributed by atoms with Crippen molar-refractivity contribution in [2.24, 2.45) is 0 Å². The van der Waals surface area contributed by atoms with Crippen LogP contribution in [0.1, 0.15) is 37.1 Å². The summed E-state index contributed by atoms with van der Waals surface area (Å²) in [6.07, 6.45) is 4.07. The molecule has 122 valence electrons. The van der Waals surface area contributed by atoms with Crippen molar-refractivity contribution in [2.75, 3.05) is 5.32 Å². The van der Waals surface area contributed by atoms with E-state index < -0.39 is 10.0 Å². The molecule has 1 aliphatic rings. The number of sulfonamides is 1. The maximum Gasteiger partial charge on any atom is 0.241 e. The van der Waals surface area contributed by atoms with Gasteiger partial charge in [0.05, 0.1) is 17.2 Å². The lowest BCUT2D eigenvalue weighted by Crippen LogP contribution is -2.30. The van der Waals surface area contributed by atoms with E-state index in [4.69, 9.17) is 4.42 Å². The fourth-order valence-corrected chi connectivity index (χ4v) is 4.03. The molecule has 1 unspecified atom stereocenters. The second kappa shape index (κ2) is 6.17. The van der Waals surface area contributed by atoms with Crippen LogP contribution < -0.4 is 10.0 Å². The van der Waals surface area contributed by atoms with Gasteiger partial charge in [-0.2, -0.15) is 0 Å². The smallest absolute Gasteiger partial charge is 0.241 e. The number of benzene rings is 1. The Kier molecular flexibility index (Phi) is 4.23. The number of fused-ring (bicyclic) bond motifs is 1. The highest BCUT2D eigenvalue weighted by Gasteiger charge is 2.27. The quantitative estimate of drug-likeness (QED) is 0.899. The summed E-state index contributed by atoms with van der Waals surface area (Å²) in [5.41, 5.74) is 1.47. The van der Waals surface area contributed by atoms with Gasteiger partial charge in [-0.3, -0.25) is 4.79 Å². The first-order chi connectivity index (χ1) is 11.0. The van der Waals surface area contributed by atoms with Gasteiger partial charge in [0, 0.05) is 24.6 Å². The fraction of sp³-hybridized carbons (Fsp3) is 0.312. The summed E-state index contributed by atoms with van der Waals surface area (Å²) in [6, 6.07) is 7.65. The number of rotatable bonds is 4. The SMILES string of the molecule is CC(=O)Nc1ccc(S(=O)(=O)NC2CCCc3occc32)cc1. The molecule has 1 aromatic heterocycles. The molecule has 1 heterocycles. The maximum absolute atomic E-state index is 12.5. The van der Waals surface area contributed by atoms with Gasteiger partial charge < -0.3 is 9.73 Å². The van der Waals surface area contributed by atoms with Crippen LogP contribution in [0.2, 0.25) is 0 Å². The van der Waals surface area contributed by atoms with Crippen LogP contribution in [0.25, 0.3) is 0 Å². The summed E-state index contributed by atoms with van der Waals surface area (Å²) in [5.74, 6) is 0.651. The molecule has 2 N–H and O–H groups in total. The Balaban J connectivity index is 1.79. The van der Waals surface area contributed by atoms with E-state index in [0.29, 0.717) is 5.69 Å². The number of nitrogens with one attached hydrogen (secondary N) is 2. The molecule has 1 aliphatic carbocycles. The Labute approximate surface area is 134 Å². The monoisotopic (exact) mass is 334 g/mol. The minimum Gasteiger partial charge on any atom is -0.469 e. The highest BCUT2D eigenvalue weighted by molar-refractivity contribution is 7.89. The Hall–Kier alpha value is -2.12. The van der Waals surface area contributed by atoms with Crippen LogP contribution in [-0.4, -0.2) is 14.3 Å². The minimum atomic E-state index is -3.63. The van der Waals surface area contributed by atoms with Gasteiger partial charge in [-0.15, -0.1) is 0 Å². The van der Waals surface area contributed by atoms with Crippen LogP contribution in [0.3, 0.4) is 0 Å². The Morgan fingerprint density at radius 3 is 2.65 bits per heavy atom. The van der Waals surface area contributed by atoms with E-state index in [9.17, 15) is 13.2 Å². The highest BCUT2D eigenvalue weighted by Crippen LogP contribution is 2.31. The summed E-state index contributed by atoms with van der Waals surface area (Å²) >= 11 is 0. The first-order valence-electron chi connectivity index (χ1n) is 7.42. The standard InChI is InChI=1S/C16H18N2O4S/c1-11(19)17-12-5-7-13(8-6-12)23(20,21)18-15-3-2-4-16-14(15)9-10-22-16/h5-10,15,18H,2-4H2,1H3,(H,17,19). The Bertz CT molecular complexity index is 809. The summed E-state index contributed by atoms with van der Waals surface area (Å²) in [7, 11) is -3.63. The van der Waals surface area contributed by atoms with E-state index in [1.54, 1.807) is 18.4 Å². The topological polar surface area (TPSA) is 88.4 Å². The van der Waals surface area contributed by atoms with Crippen LogP contribution >= 0.6 is 0 Å². The molecule has 0 aliphatic heterocycles. The molecule has 2 aromatic rings. The zero-order valence-corrected chi connectivity index (χ0v) is 13.5. The number of hydrogen-bond donors (Lipinski definition) is 2. The predicted molar refractivity (Wildman–Crippen MR) is 85.5 cm³/mol. The summed E-state index contributed by atoms with van der Waals surface area (Å²) in [4.78, 5) is 11.2. The van der Waals surface area contributed by atoms with Crippen LogP contribution in [0.15, 0.2) is 45.9 Å². The van der Waals surface area contributed by atoms with E-state index in [2.05, 4.69) is 10.0 Å². The molecule has 7 heteroatoms. The van der Waals surface area contributed by atoms with Gasteiger partial charge in [-0.1, -0.05) is 0 Å². The number of aryl methyl sites for hydroxylation is 1. The normalized spacial score (nSPS) is 17.5. The second-order valence-electron chi connectivity index (χ2n) is 5.57. The average Bonchev–Trinajstić information content (AvgIpc) is 2.96. The third kappa shape index (κ3) is 3.46. The molecule has 3 rings (SSSR count). The molecule has 1 amide bonds. The van der Waals surface area contributed by atoms with Crippen molar-refractivity contribution < 1.29 is 17.6 Å². The lowest BCUT2D eigenvalue weighted by atomic mass is 9.94. The Morgan fingerprint density at radius 1 is 1.22 bits per heavy atom. The molecule has 0 radical (unpaired) electrons. The zero-order valence-electron chi connectivity index (χ0n) is 12.7. The van der Waals surface area contributed by atoms with Crippen molar-refractivity contribution in [1.29, 1.82) is 0 Å². The summed E-state index contributed by atoms with van der Waals surface area (Å²) in [6.45, 7) is 1.40. The number of amides is 1. The predicted octanol–water partition coefficient (Wildman–Crippen LogP) is 2.59. The van der Waals surface area contributed by atoms with Crippen LogP contribution in [0, 0.1) is 0 Å². The molecular weight excluding hydrogens is 316 g/mol. The molecule has 23 heavy (non-hydrogen) atoms. The largest absolute Gasteiger partial charge is 0.469 e. The third-order valence-corrected chi connectivity index (χ3v) is 5.32. The summed E-state index contributed by atoms with van der Waals surface area (Å²) in [5, 5.41) is 2.61. The number of carbonyl (C=O) groups is 1. The lowest BCUT2D eigenvalue weighted by Gasteiger charge is -2.22. The number of anilines is 1. The first-order valence-corrected chi connectivity index (χ1v) is 8.90. The lowest BCUT2D eigenvalue weighted by molar-refractivity contribution is -0.114. The van der Waals surface area contributed by atoms with Gasteiger partial charge in [0.15, 0.2) is 0 Å². The molecule has 0 saturated carbocycles. The van der Waals surface area contributed by atoms with Crippen molar-refractivity contribution in [3.05, 3.63) is 47.9 Å². The highest BCUT2D eigenvalue weighted by atomic mass is 32.2. The van der Waals surface area contributed by atoms with Gasteiger partial charge in [0.2, 0.25) is 15.9 Å². The van der Waals surface area contributed by atoms with Crippen molar-refractivity contribution in [1.82, 2.24) is 4.72 Å². The van der Waals surface area contributed by atoms with Gasteiger partial charge in [0.1, 0.15) is 5.76 Å². The van der Waals surface area contributed by atoms with Gasteiger partial charge in [-0.05, 0) is 43.2 Å². The molecule has 1 atom stereocenters. The number of hydrogen-bond acceptors (Lipinski definition) is 4. The molecule has 0 spiro atoms. The number of furan rings is 1. The fourth-order valence-electron chi connectivity index (χ4n) is 2.78. The second-order valence-corrected chi connectivity index (χ2v) is 7.28. The van der Waals surface area contributed by atoms with Crippen molar-refractivity contribution >= 4 is 21.6 Å². The van der Waals surface area contributed by atoms with E-state index in [1.807, 2.05) is 6.07 Å². The summed E-state index contributed by atoms with van der Waals surface area (Å²) < 4.78 is 33.2. The van der Waals surface area contributed by atoms with Crippen LogP contribution in [0.4, 0.5) is 5.69 Å².